The number of nitrogens with zero attached hydrogens (tertiary/aromatic N) is 2. The zero-order valence-corrected chi connectivity index (χ0v) is 13.7. The summed E-state index contributed by atoms with van der Waals surface area (Å²) in [7, 11) is 2.20. The predicted molar refractivity (Wildman–Crippen MR) is 84.2 cm³/mol. The summed E-state index contributed by atoms with van der Waals surface area (Å²) < 4.78 is 0. The molecule has 0 unspecified atom stereocenters. The fourth-order valence-electron chi connectivity index (χ4n) is 2.36. The van der Waals surface area contributed by atoms with Crippen LogP contribution in [0.15, 0.2) is 0 Å². The number of hydrogen-bond donors (Lipinski definition) is 1. The van der Waals surface area contributed by atoms with Crippen LogP contribution in [0.3, 0.4) is 0 Å². The molecule has 1 aliphatic carbocycles. The van der Waals surface area contributed by atoms with Crippen LogP contribution < -0.4 is 10.2 Å². The zero-order valence-electron chi connectivity index (χ0n) is 12.9. The Bertz CT molecular complexity index is 416. The minimum atomic E-state index is 0.125. The fraction of sp³-hybridized carbons (Fsp3) is 0.800. The van der Waals surface area contributed by atoms with Gasteiger partial charge >= 0.3 is 0 Å². The summed E-state index contributed by atoms with van der Waals surface area (Å²) in [5, 5.41) is 4.64. The summed E-state index contributed by atoms with van der Waals surface area (Å²) in [6.07, 6.45) is 4.02. The number of hydrogen-bond acceptors (Lipinski definition) is 4. The number of rotatable bonds is 5. The van der Waals surface area contributed by atoms with Gasteiger partial charge in [0.1, 0.15) is 0 Å². The Labute approximate surface area is 121 Å². The van der Waals surface area contributed by atoms with E-state index in [0.717, 1.165) is 13.1 Å². The van der Waals surface area contributed by atoms with Crippen molar-refractivity contribution in [1.29, 1.82) is 0 Å². The van der Waals surface area contributed by atoms with Crippen molar-refractivity contribution in [3.63, 3.8) is 0 Å². The predicted octanol–water partition coefficient (Wildman–Crippen LogP) is 3.54. The third-order valence-corrected chi connectivity index (χ3v) is 5.00. The van der Waals surface area contributed by atoms with Crippen molar-refractivity contribution in [2.45, 2.75) is 65.0 Å². The van der Waals surface area contributed by atoms with E-state index in [0.29, 0.717) is 6.04 Å². The van der Waals surface area contributed by atoms with Crippen LogP contribution in [0.2, 0.25) is 0 Å². The van der Waals surface area contributed by atoms with Crippen LogP contribution in [0.4, 0.5) is 5.13 Å². The third-order valence-electron chi connectivity index (χ3n) is 3.86. The zero-order chi connectivity index (χ0) is 14.0. The van der Waals surface area contributed by atoms with Crippen molar-refractivity contribution >= 4 is 16.5 Å². The third kappa shape index (κ3) is 3.29. The summed E-state index contributed by atoms with van der Waals surface area (Å²) in [5.41, 5.74) is 1.39. The molecule has 1 aromatic heterocycles. The van der Waals surface area contributed by atoms with E-state index in [1.165, 1.54) is 35.0 Å². The lowest BCUT2D eigenvalue weighted by atomic mass is 9.91. The molecule has 0 aromatic carbocycles. The highest BCUT2D eigenvalue weighted by atomic mass is 32.1. The average molecular weight is 281 g/mol. The molecule has 0 radical (unpaired) electrons. The van der Waals surface area contributed by atoms with Gasteiger partial charge in [0, 0.05) is 29.9 Å². The molecule has 4 heteroatoms. The van der Waals surface area contributed by atoms with Crippen LogP contribution in [0, 0.1) is 0 Å². The lowest BCUT2D eigenvalue weighted by Gasteiger charge is -2.34. The molecule has 19 heavy (non-hydrogen) atoms. The van der Waals surface area contributed by atoms with Crippen molar-refractivity contribution < 1.29 is 0 Å². The normalized spacial score (nSPS) is 16.5. The molecule has 1 saturated carbocycles. The Hall–Kier alpha value is -0.610. The first-order valence-electron chi connectivity index (χ1n) is 7.37. The van der Waals surface area contributed by atoms with E-state index in [2.05, 4.69) is 45.0 Å². The molecule has 0 bridgehead atoms. The van der Waals surface area contributed by atoms with Gasteiger partial charge in [-0.25, -0.2) is 4.98 Å². The maximum Gasteiger partial charge on any atom is 0.185 e. The van der Waals surface area contributed by atoms with Crippen LogP contribution in [0.1, 0.15) is 57.5 Å². The molecule has 0 spiro atoms. The highest BCUT2D eigenvalue weighted by Gasteiger charge is 2.28. The SMILES string of the molecule is CCNCc1sc(N(C)C2CCC2)nc1C(C)(C)C. The molecule has 1 heterocycles. The highest BCUT2D eigenvalue weighted by Crippen LogP contribution is 2.36. The summed E-state index contributed by atoms with van der Waals surface area (Å²) in [4.78, 5) is 8.73. The second-order valence-electron chi connectivity index (χ2n) is 6.49. The first kappa shape index (κ1) is 14.8. The Kier molecular flexibility index (Phi) is 4.51. The summed E-state index contributed by atoms with van der Waals surface area (Å²) in [6.45, 7) is 10.9. The van der Waals surface area contributed by atoms with Crippen LogP contribution in [0.5, 0.6) is 0 Å². The molecule has 1 aromatic rings. The number of thiazole rings is 1. The Morgan fingerprint density at radius 1 is 1.37 bits per heavy atom. The van der Waals surface area contributed by atoms with Gasteiger partial charge in [-0.15, -0.1) is 11.3 Å². The van der Waals surface area contributed by atoms with Crippen LogP contribution in [-0.2, 0) is 12.0 Å². The summed E-state index contributed by atoms with van der Waals surface area (Å²) in [6, 6.07) is 0.714. The van der Waals surface area contributed by atoms with Gasteiger partial charge in [-0.1, -0.05) is 27.7 Å². The van der Waals surface area contributed by atoms with E-state index in [9.17, 15) is 0 Å². The largest absolute Gasteiger partial charge is 0.348 e. The van der Waals surface area contributed by atoms with Crippen molar-refractivity contribution in [2.75, 3.05) is 18.5 Å². The number of anilines is 1. The quantitative estimate of drug-likeness (QED) is 0.895. The first-order valence-corrected chi connectivity index (χ1v) is 8.19. The molecule has 1 fully saturated rings. The van der Waals surface area contributed by atoms with Crippen LogP contribution in [0.25, 0.3) is 0 Å². The smallest absolute Gasteiger partial charge is 0.185 e. The molecule has 1 N–H and O–H groups in total. The minimum Gasteiger partial charge on any atom is -0.348 e. The van der Waals surface area contributed by atoms with Crippen molar-refractivity contribution in [3.05, 3.63) is 10.6 Å². The van der Waals surface area contributed by atoms with Gasteiger partial charge in [-0.3, -0.25) is 0 Å². The van der Waals surface area contributed by atoms with Crippen molar-refractivity contribution in [2.24, 2.45) is 0 Å². The first-order chi connectivity index (χ1) is 8.93. The molecule has 108 valence electrons. The molecule has 0 atom stereocenters. The molecule has 3 nitrogen and oxygen atoms in total. The topological polar surface area (TPSA) is 28.2 Å². The number of aromatic nitrogens is 1. The molecule has 0 amide bonds. The van der Waals surface area contributed by atoms with Gasteiger partial charge in [0.15, 0.2) is 5.13 Å². The van der Waals surface area contributed by atoms with Gasteiger partial charge < -0.3 is 10.2 Å². The second kappa shape index (κ2) is 5.80. The minimum absolute atomic E-state index is 0.125. The molecule has 2 rings (SSSR count). The average Bonchev–Trinajstić information content (AvgIpc) is 2.67. The standard InChI is InChI=1S/C15H27N3S/c1-6-16-10-12-13(15(2,3)4)17-14(19-12)18(5)11-8-7-9-11/h11,16H,6-10H2,1-5H3. The monoisotopic (exact) mass is 281 g/mol. The number of nitrogens with one attached hydrogen (secondary N) is 1. The van der Waals surface area contributed by atoms with Gasteiger partial charge in [0.05, 0.1) is 5.69 Å². The van der Waals surface area contributed by atoms with Crippen molar-refractivity contribution in [1.82, 2.24) is 10.3 Å². The van der Waals surface area contributed by atoms with E-state index >= 15 is 0 Å². The molecule has 1 aliphatic rings. The second-order valence-corrected chi connectivity index (χ2v) is 7.56. The molecule has 0 aliphatic heterocycles. The van der Waals surface area contributed by atoms with Gasteiger partial charge in [0.2, 0.25) is 0 Å². The Morgan fingerprint density at radius 2 is 2.05 bits per heavy atom. The highest BCUT2D eigenvalue weighted by molar-refractivity contribution is 7.15. The van der Waals surface area contributed by atoms with E-state index in [1.54, 1.807) is 0 Å². The summed E-state index contributed by atoms with van der Waals surface area (Å²) in [5.74, 6) is 0. The Balaban J connectivity index is 2.22. The fourth-order valence-corrected chi connectivity index (χ4v) is 3.64. The maximum atomic E-state index is 4.94. The molecular weight excluding hydrogens is 254 g/mol. The molecule has 0 saturated heterocycles. The van der Waals surface area contributed by atoms with Gasteiger partial charge in [0.25, 0.3) is 0 Å². The lowest BCUT2D eigenvalue weighted by molar-refractivity contribution is 0.400. The Morgan fingerprint density at radius 3 is 2.53 bits per heavy atom. The summed E-state index contributed by atoms with van der Waals surface area (Å²) >= 11 is 1.86. The van der Waals surface area contributed by atoms with Crippen molar-refractivity contribution in [3.8, 4) is 0 Å². The lowest BCUT2D eigenvalue weighted by Crippen LogP contribution is -2.37. The van der Waals surface area contributed by atoms with Crippen LogP contribution in [-0.4, -0.2) is 24.6 Å². The molecular formula is C15H27N3S. The van der Waals surface area contributed by atoms with E-state index in [1.807, 2.05) is 11.3 Å². The van der Waals surface area contributed by atoms with Gasteiger partial charge in [-0.05, 0) is 25.8 Å². The van der Waals surface area contributed by atoms with E-state index in [-0.39, 0.29) is 5.41 Å². The maximum absolute atomic E-state index is 4.94. The van der Waals surface area contributed by atoms with Crippen LogP contribution >= 0.6 is 11.3 Å². The van der Waals surface area contributed by atoms with E-state index in [4.69, 9.17) is 4.98 Å². The van der Waals surface area contributed by atoms with Gasteiger partial charge in [-0.2, -0.15) is 0 Å². The van der Waals surface area contributed by atoms with E-state index < -0.39 is 0 Å².